The number of nitriles is 1. The van der Waals surface area contributed by atoms with E-state index in [4.69, 9.17) is 15.1 Å². The smallest absolute Gasteiger partial charge is 0.265 e. The van der Waals surface area contributed by atoms with Gasteiger partial charge >= 0.3 is 0 Å². The van der Waals surface area contributed by atoms with Gasteiger partial charge in [0.25, 0.3) is 11.8 Å². The van der Waals surface area contributed by atoms with Crippen LogP contribution in [0.25, 0.3) is 11.1 Å². The number of carbonyl (C=O) groups is 1. The first kappa shape index (κ1) is 33.3. The van der Waals surface area contributed by atoms with Crippen LogP contribution < -0.4 is 15.0 Å². The van der Waals surface area contributed by atoms with Gasteiger partial charge in [0.1, 0.15) is 23.5 Å². The molecule has 10 nitrogen and oxygen atoms in total. The molecule has 1 amide bonds. The number of carbonyl (C=O) groups excluding carboxylic acids is 1. The fourth-order valence-electron chi connectivity index (χ4n) is 7.26. The molecule has 1 saturated heterocycles. The number of benzene rings is 1. The summed E-state index contributed by atoms with van der Waals surface area (Å²) in [6, 6.07) is 7.57. The highest BCUT2D eigenvalue weighted by Gasteiger charge is 2.57. The van der Waals surface area contributed by atoms with Gasteiger partial charge in [-0.2, -0.15) is 5.26 Å². The molecule has 3 aromatic rings. The maximum absolute atomic E-state index is 13.8. The third-order valence-corrected chi connectivity index (χ3v) is 9.60. The van der Waals surface area contributed by atoms with Gasteiger partial charge < -0.3 is 15.5 Å². The van der Waals surface area contributed by atoms with Crippen LogP contribution >= 0.6 is 0 Å². The van der Waals surface area contributed by atoms with Crippen molar-refractivity contribution in [2.45, 2.75) is 77.4 Å². The second-order valence-corrected chi connectivity index (χ2v) is 13.9. The van der Waals surface area contributed by atoms with Crippen LogP contribution in [0.5, 0.6) is 5.75 Å². The fraction of sp³-hybridized carbons (Fsp3) is 0.486. The first-order valence-electron chi connectivity index (χ1n) is 16.2. The van der Waals surface area contributed by atoms with Crippen molar-refractivity contribution in [2.24, 2.45) is 11.8 Å². The second kappa shape index (κ2) is 12.8. The van der Waals surface area contributed by atoms with Crippen LogP contribution in [0.4, 0.5) is 24.7 Å². The van der Waals surface area contributed by atoms with Crippen LogP contribution in [0.15, 0.2) is 30.6 Å². The zero-order valence-electron chi connectivity index (χ0n) is 27.5. The summed E-state index contributed by atoms with van der Waals surface area (Å²) in [5.41, 5.74) is 2.54. The Balaban J connectivity index is 1.34. The molecule has 6 rings (SSSR count). The number of amides is 1. The molecule has 4 heterocycles. The number of hydrogen-bond donors (Lipinski definition) is 2. The summed E-state index contributed by atoms with van der Waals surface area (Å²) in [5.74, 6) is -2.02. The highest BCUT2D eigenvalue weighted by molar-refractivity contribution is 6.00. The molecule has 2 aliphatic heterocycles. The van der Waals surface area contributed by atoms with Crippen LogP contribution in [-0.2, 0) is 17.8 Å². The number of hydrogen-bond acceptors (Lipinski definition) is 9. The molecule has 2 aromatic heterocycles. The molecule has 0 radical (unpaired) electrons. The lowest BCUT2D eigenvalue weighted by Gasteiger charge is -2.55. The third-order valence-electron chi connectivity index (χ3n) is 9.60. The number of halogens is 3. The molecule has 2 fully saturated rings. The molecule has 1 saturated carbocycles. The predicted octanol–water partition coefficient (Wildman–Crippen LogP) is 5.98. The van der Waals surface area contributed by atoms with Crippen LogP contribution in [0.3, 0.4) is 0 Å². The third kappa shape index (κ3) is 6.45. The largest absolute Gasteiger partial charge is 0.482 e. The van der Waals surface area contributed by atoms with E-state index in [1.54, 1.807) is 18.2 Å². The Kier molecular flexibility index (Phi) is 8.89. The van der Waals surface area contributed by atoms with Crippen molar-refractivity contribution in [1.29, 1.82) is 10.7 Å². The maximum Gasteiger partial charge on any atom is 0.265 e. The lowest BCUT2D eigenvalue weighted by molar-refractivity contribution is -0.175. The lowest BCUT2D eigenvalue weighted by Crippen LogP contribution is -2.63. The van der Waals surface area contributed by atoms with E-state index in [1.165, 1.54) is 11.1 Å². The van der Waals surface area contributed by atoms with E-state index in [-0.39, 0.29) is 55.6 Å². The Morgan fingerprint density at radius 1 is 1.25 bits per heavy atom. The van der Waals surface area contributed by atoms with Gasteiger partial charge in [-0.05, 0) is 49.3 Å². The Bertz CT molecular complexity index is 1770. The zero-order valence-corrected chi connectivity index (χ0v) is 27.5. The van der Waals surface area contributed by atoms with E-state index in [0.29, 0.717) is 71.1 Å². The quantitative estimate of drug-likeness (QED) is 0.268. The van der Waals surface area contributed by atoms with Crippen LogP contribution in [-0.4, -0.2) is 69.2 Å². The average molecular weight is 661 g/mol. The molecular formula is C35H39F3N8O2. The Morgan fingerprint density at radius 3 is 2.60 bits per heavy atom. The fourth-order valence-corrected chi connectivity index (χ4v) is 7.26. The van der Waals surface area contributed by atoms with Crippen molar-refractivity contribution < 1.29 is 22.7 Å². The summed E-state index contributed by atoms with van der Waals surface area (Å²) in [6.45, 7) is 9.22. The molecule has 48 heavy (non-hydrogen) atoms. The number of ether oxygens (including phenoxy) is 1. The summed E-state index contributed by atoms with van der Waals surface area (Å²) in [6.07, 6.45) is 4.28. The van der Waals surface area contributed by atoms with Gasteiger partial charge in [0.15, 0.2) is 12.4 Å². The number of rotatable bonds is 9. The monoisotopic (exact) mass is 660 g/mol. The van der Waals surface area contributed by atoms with E-state index in [2.05, 4.69) is 33.2 Å². The Labute approximate surface area is 277 Å². The molecule has 2 N–H and O–H groups in total. The summed E-state index contributed by atoms with van der Waals surface area (Å²) in [7, 11) is 0. The van der Waals surface area contributed by atoms with Crippen LogP contribution in [0.2, 0.25) is 0 Å². The van der Waals surface area contributed by atoms with Gasteiger partial charge in [-0.15, -0.1) is 0 Å². The summed E-state index contributed by atoms with van der Waals surface area (Å²) in [5, 5.41) is 22.5. The van der Waals surface area contributed by atoms with Gasteiger partial charge in [-0.1, -0.05) is 26.8 Å². The Morgan fingerprint density at radius 2 is 1.98 bits per heavy atom. The lowest BCUT2D eigenvalue weighted by atomic mass is 9.72. The van der Waals surface area contributed by atoms with Crippen molar-refractivity contribution in [3.63, 3.8) is 0 Å². The highest BCUT2D eigenvalue weighted by atomic mass is 19.3. The van der Waals surface area contributed by atoms with Gasteiger partial charge in [-0.25, -0.2) is 28.1 Å². The predicted molar refractivity (Wildman–Crippen MR) is 175 cm³/mol. The number of nitrogens with one attached hydrogen (secondary N) is 2. The van der Waals surface area contributed by atoms with Crippen molar-refractivity contribution in [2.75, 3.05) is 29.9 Å². The van der Waals surface area contributed by atoms with E-state index in [1.807, 2.05) is 20.8 Å². The summed E-state index contributed by atoms with van der Waals surface area (Å²) >= 11 is 0. The second-order valence-electron chi connectivity index (χ2n) is 13.9. The molecule has 0 spiro atoms. The molecule has 0 bridgehead atoms. The number of likely N-dealkylation sites (tertiary alicyclic amines) is 1. The number of fused-ring (bicyclic) bond motifs is 1. The SMILES string of the molecule is CC(C)Cc1nc(NC2CCN(C3(C)CC(F)(F)C3)CC2C)c(C=N)c(-c2ccc3c(c2)OCC(=O)N3Cc2ncc(F)cn2)c1C#N. The molecular weight excluding hydrogens is 621 g/mol. The number of nitrogens with zero attached hydrogens (tertiary/aromatic N) is 6. The minimum atomic E-state index is -2.60. The maximum atomic E-state index is 13.8. The van der Waals surface area contributed by atoms with Crippen molar-refractivity contribution in [3.05, 3.63) is 59.1 Å². The molecule has 13 heteroatoms. The summed E-state index contributed by atoms with van der Waals surface area (Å²) < 4.78 is 46.8. The average Bonchev–Trinajstić information content (AvgIpc) is 3.02. The van der Waals surface area contributed by atoms with Crippen molar-refractivity contribution in [1.82, 2.24) is 19.9 Å². The van der Waals surface area contributed by atoms with Gasteiger partial charge in [-0.3, -0.25) is 14.6 Å². The standard InChI is InChI=1S/C35H39F3N8O2/c1-20(2)9-27-24(11-39)32(22-5-6-28-29(10-22)48-17-31(47)46(28)16-30-41-13-23(36)14-42-30)25(12-40)33(44-27)43-26-7-8-45(15-21(26)3)34(4)18-35(37,38)19-34/h5-6,10,12-14,20-21,26,40H,7-9,15-19H2,1-4H3,(H,43,44). The minimum Gasteiger partial charge on any atom is -0.482 e. The van der Waals surface area contributed by atoms with Gasteiger partial charge in [0.2, 0.25) is 0 Å². The molecule has 252 valence electrons. The molecule has 1 aliphatic carbocycles. The van der Waals surface area contributed by atoms with Crippen LogP contribution in [0.1, 0.15) is 69.6 Å². The van der Waals surface area contributed by atoms with E-state index >= 15 is 0 Å². The van der Waals surface area contributed by atoms with Crippen LogP contribution in [0, 0.1) is 34.4 Å². The first-order valence-corrected chi connectivity index (χ1v) is 16.2. The highest BCUT2D eigenvalue weighted by Crippen LogP contribution is 2.50. The van der Waals surface area contributed by atoms with E-state index in [9.17, 15) is 23.2 Å². The van der Waals surface area contributed by atoms with Crippen molar-refractivity contribution in [3.8, 4) is 22.9 Å². The minimum absolute atomic E-state index is 0.0183. The van der Waals surface area contributed by atoms with Gasteiger partial charge in [0.05, 0.1) is 35.9 Å². The number of aromatic nitrogens is 3. The van der Waals surface area contributed by atoms with E-state index in [0.717, 1.165) is 12.4 Å². The zero-order chi connectivity index (χ0) is 34.4. The molecule has 1 aromatic carbocycles. The molecule has 3 aliphatic rings. The molecule has 2 atom stereocenters. The first-order chi connectivity index (χ1) is 22.8. The van der Waals surface area contributed by atoms with Crippen molar-refractivity contribution >= 4 is 23.6 Å². The normalized spacial score (nSPS) is 21.6. The number of pyridine rings is 1. The van der Waals surface area contributed by atoms with Gasteiger partial charge in [0, 0.05) is 54.9 Å². The number of alkyl halides is 2. The molecule has 2 unspecified atom stereocenters. The number of anilines is 2. The summed E-state index contributed by atoms with van der Waals surface area (Å²) in [4.78, 5) is 29.4. The Hall–Kier alpha value is -4.57. The topological polar surface area (TPSA) is 131 Å². The van der Waals surface area contributed by atoms with E-state index < -0.39 is 17.3 Å². The number of piperidine rings is 1.